The van der Waals surface area contributed by atoms with Gasteiger partial charge in [-0.2, -0.15) is 0 Å². The number of nitrogens with zero attached hydrogens (tertiary/aromatic N) is 2. The molecule has 6 aromatic rings. The summed E-state index contributed by atoms with van der Waals surface area (Å²) in [6, 6.07) is 31.2. The van der Waals surface area contributed by atoms with Crippen LogP contribution < -0.4 is 0 Å². The number of pyridine rings is 2. The lowest BCUT2D eigenvalue weighted by Gasteiger charge is -2.09. The van der Waals surface area contributed by atoms with E-state index in [1.54, 1.807) is 0 Å². The number of fused-ring (bicyclic) bond motifs is 3. The minimum absolute atomic E-state index is 0.854. The second kappa shape index (κ2) is 7.47. The van der Waals surface area contributed by atoms with Crippen molar-refractivity contribution in [3.05, 3.63) is 109 Å². The summed E-state index contributed by atoms with van der Waals surface area (Å²) in [4.78, 5) is 9.36. The van der Waals surface area contributed by atoms with Gasteiger partial charge in [-0.3, -0.25) is 9.97 Å². The zero-order chi connectivity index (χ0) is 21.5. The van der Waals surface area contributed by atoms with Gasteiger partial charge >= 0.3 is 0 Å². The van der Waals surface area contributed by atoms with Crippen LogP contribution in [0.3, 0.4) is 0 Å². The number of aryl methyl sites for hydroxylation is 1. The molecule has 6 rings (SSSR count). The van der Waals surface area contributed by atoms with E-state index in [1.807, 2.05) is 48.8 Å². The molecule has 152 valence electrons. The third kappa shape index (κ3) is 3.15. The number of furan rings is 1. The minimum Gasteiger partial charge on any atom is -0.455 e. The van der Waals surface area contributed by atoms with Crippen LogP contribution in [0.25, 0.3) is 55.6 Å². The Labute approximate surface area is 186 Å². The van der Waals surface area contributed by atoms with Crippen LogP contribution in [0.2, 0.25) is 0 Å². The van der Waals surface area contributed by atoms with Gasteiger partial charge in [0.2, 0.25) is 0 Å². The second-order valence-corrected chi connectivity index (χ2v) is 8.01. The molecule has 3 aromatic heterocycles. The standard InChI is InChI=1S/C29H20N2O/c1-19-11-13-31-27(15-19)25-17-22(16-24-23-9-5-6-10-28(23)32-29(24)25)26-18-21(12-14-30-26)20-7-3-2-4-8-20/h2-18H,1H3. The molecule has 0 aliphatic rings. The van der Waals surface area contributed by atoms with Gasteiger partial charge in [0, 0.05) is 34.3 Å². The molecule has 0 amide bonds. The number of hydrogen-bond acceptors (Lipinski definition) is 3. The Hall–Kier alpha value is -4.24. The summed E-state index contributed by atoms with van der Waals surface area (Å²) < 4.78 is 6.30. The molecule has 0 saturated carbocycles. The fourth-order valence-corrected chi connectivity index (χ4v) is 4.25. The van der Waals surface area contributed by atoms with Crippen LogP contribution in [0.15, 0.2) is 108 Å². The van der Waals surface area contributed by atoms with Crippen molar-refractivity contribution >= 4 is 21.9 Å². The van der Waals surface area contributed by atoms with E-state index in [1.165, 1.54) is 5.56 Å². The molecule has 3 aromatic carbocycles. The van der Waals surface area contributed by atoms with Crippen molar-refractivity contribution < 1.29 is 4.42 Å². The fourth-order valence-electron chi connectivity index (χ4n) is 4.25. The first-order valence-corrected chi connectivity index (χ1v) is 10.7. The van der Waals surface area contributed by atoms with Crippen LogP contribution in [-0.4, -0.2) is 9.97 Å². The lowest BCUT2D eigenvalue weighted by atomic mass is 9.98. The molecule has 0 bridgehead atoms. The number of para-hydroxylation sites is 1. The van der Waals surface area contributed by atoms with Gasteiger partial charge in [0.25, 0.3) is 0 Å². The van der Waals surface area contributed by atoms with Crippen LogP contribution in [-0.2, 0) is 0 Å². The van der Waals surface area contributed by atoms with E-state index < -0.39 is 0 Å². The molecule has 0 N–H and O–H groups in total. The first-order chi connectivity index (χ1) is 15.8. The summed E-state index contributed by atoms with van der Waals surface area (Å²) >= 11 is 0. The van der Waals surface area contributed by atoms with Gasteiger partial charge in [0.15, 0.2) is 0 Å². The molecular weight excluding hydrogens is 392 g/mol. The Morgan fingerprint density at radius 1 is 0.594 bits per heavy atom. The highest BCUT2D eigenvalue weighted by Gasteiger charge is 2.16. The molecular formula is C29H20N2O. The molecule has 32 heavy (non-hydrogen) atoms. The predicted octanol–water partition coefficient (Wildman–Crippen LogP) is 7.69. The highest BCUT2D eigenvalue weighted by Crippen LogP contribution is 2.39. The van der Waals surface area contributed by atoms with E-state index in [4.69, 9.17) is 9.40 Å². The van der Waals surface area contributed by atoms with Crippen molar-refractivity contribution in [2.45, 2.75) is 6.92 Å². The highest BCUT2D eigenvalue weighted by atomic mass is 16.3. The van der Waals surface area contributed by atoms with Gasteiger partial charge < -0.3 is 4.42 Å². The van der Waals surface area contributed by atoms with E-state index in [0.29, 0.717) is 0 Å². The number of hydrogen-bond donors (Lipinski definition) is 0. The zero-order valence-electron chi connectivity index (χ0n) is 17.6. The van der Waals surface area contributed by atoms with Crippen LogP contribution in [0.5, 0.6) is 0 Å². The molecule has 0 aliphatic heterocycles. The molecule has 3 heterocycles. The normalized spacial score (nSPS) is 11.3. The fraction of sp³-hybridized carbons (Fsp3) is 0.0345. The topological polar surface area (TPSA) is 38.9 Å². The molecule has 0 spiro atoms. The molecule has 0 fully saturated rings. The Morgan fingerprint density at radius 2 is 1.38 bits per heavy atom. The second-order valence-electron chi connectivity index (χ2n) is 8.01. The molecule has 0 saturated heterocycles. The van der Waals surface area contributed by atoms with Crippen molar-refractivity contribution in [3.63, 3.8) is 0 Å². The summed E-state index contributed by atoms with van der Waals surface area (Å²) in [5, 5.41) is 2.17. The SMILES string of the molecule is Cc1ccnc(-c2cc(-c3cc(-c4ccccc4)ccn3)cc3c2oc2ccccc23)c1. The van der Waals surface area contributed by atoms with Crippen LogP contribution in [0.1, 0.15) is 5.56 Å². The lowest BCUT2D eigenvalue weighted by Crippen LogP contribution is -1.89. The zero-order valence-corrected chi connectivity index (χ0v) is 17.6. The summed E-state index contributed by atoms with van der Waals surface area (Å²) in [5.74, 6) is 0. The predicted molar refractivity (Wildman–Crippen MR) is 130 cm³/mol. The lowest BCUT2D eigenvalue weighted by molar-refractivity contribution is 0.670. The maximum Gasteiger partial charge on any atom is 0.144 e. The summed E-state index contributed by atoms with van der Waals surface area (Å²) in [5.41, 5.74) is 9.04. The van der Waals surface area contributed by atoms with E-state index in [-0.39, 0.29) is 0 Å². The summed E-state index contributed by atoms with van der Waals surface area (Å²) in [6.45, 7) is 2.08. The maximum absolute atomic E-state index is 6.30. The Morgan fingerprint density at radius 3 is 2.25 bits per heavy atom. The average molecular weight is 412 g/mol. The average Bonchev–Trinajstić information content (AvgIpc) is 3.23. The summed E-state index contributed by atoms with van der Waals surface area (Å²) in [7, 11) is 0. The van der Waals surface area contributed by atoms with Crippen LogP contribution in [0.4, 0.5) is 0 Å². The number of aromatic nitrogens is 2. The highest BCUT2D eigenvalue weighted by molar-refractivity contribution is 6.11. The van der Waals surface area contributed by atoms with E-state index in [2.05, 4.69) is 66.5 Å². The van der Waals surface area contributed by atoms with E-state index in [9.17, 15) is 0 Å². The molecule has 0 aliphatic carbocycles. The van der Waals surface area contributed by atoms with Crippen molar-refractivity contribution in [2.24, 2.45) is 0 Å². The Kier molecular flexibility index (Phi) is 4.32. The maximum atomic E-state index is 6.30. The largest absolute Gasteiger partial charge is 0.455 e. The van der Waals surface area contributed by atoms with Gasteiger partial charge in [-0.05, 0) is 66.1 Å². The third-order valence-electron chi connectivity index (χ3n) is 5.83. The van der Waals surface area contributed by atoms with Crippen LogP contribution in [0, 0.1) is 6.92 Å². The molecule has 3 heteroatoms. The van der Waals surface area contributed by atoms with Crippen molar-refractivity contribution in [1.82, 2.24) is 9.97 Å². The van der Waals surface area contributed by atoms with E-state index >= 15 is 0 Å². The van der Waals surface area contributed by atoms with Gasteiger partial charge in [-0.1, -0.05) is 48.5 Å². The van der Waals surface area contributed by atoms with Gasteiger partial charge in [0.05, 0.1) is 11.4 Å². The monoisotopic (exact) mass is 412 g/mol. The van der Waals surface area contributed by atoms with Crippen molar-refractivity contribution in [3.8, 4) is 33.6 Å². The number of benzene rings is 3. The molecule has 0 atom stereocenters. The first-order valence-electron chi connectivity index (χ1n) is 10.7. The third-order valence-corrected chi connectivity index (χ3v) is 5.83. The Balaban J connectivity index is 1.62. The van der Waals surface area contributed by atoms with E-state index in [0.717, 1.165) is 55.6 Å². The Bertz CT molecular complexity index is 1580. The van der Waals surface area contributed by atoms with Gasteiger partial charge in [0.1, 0.15) is 11.2 Å². The molecule has 0 radical (unpaired) electrons. The summed E-state index contributed by atoms with van der Waals surface area (Å²) in [6.07, 6.45) is 3.72. The first kappa shape index (κ1) is 18.5. The van der Waals surface area contributed by atoms with Crippen molar-refractivity contribution in [1.29, 1.82) is 0 Å². The van der Waals surface area contributed by atoms with Crippen LogP contribution >= 0.6 is 0 Å². The number of rotatable bonds is 3. The smallest absolute Gasteiger partial charge is 0.144 e. The quantitative estimate of drug-likeness (QED) is 0.299. The van der Waals surface area contributed by atoms with Gasteiger partial charge in [-0.25, -0.2) is 0 Å². The van der Waals surface area contributed by atoms with Gasteiger partial charge in [-0.15, -0.1) is 0 Å². The molecule has 3 nitrogen and oxygen atoms in total. The van der Waals surface area contributed by atoms with Crippen molar-refractivity contribution in [2.75, 3.05) is 0 Å². The molecule has 0 unspecified atom stereocenters. The minimum atomic E-state index is 0.854.